The Labute approximate surface area is 136 Å². The second-order valence-electron chi connectivity index (χ2n) is 5.34. The molecule has 1 aromatic carbocycles. The van der Waals surface area contributed by atoms with Gasteiger partial charge in [0.05, 0.1) is 31.4 Å². The van der Waals surface area contributed by atoms with E-state index in [2.05, 4.69) is 5.32 Å². The number of sulfone groups is 1. The van der Waals surface area contributed by atoms with Crippen molar-refractivity contribution in [1.82, 2.24) is 4.90 Å². The normalized spacial score (nSPS) is 19.2. The molecule has 1 aromatic rings. The van der Waals surface area contributed by atoms with Crippen LogP contribution in [-0.4, -0.2) is 57.7 Å². The predicted octanol–water partition coefficient (Wildman–Crippen LogP) is 1.74. The molecule has 23 heavy (non-hydrogen) atoms. The van der Waals surface area contributed by atoms with Crippen LogP contribution in [0.1, 0.15) is 13.3 Å². The van der Waals surface area contributed by atoms with Gasteiger partial charge in [0.1, 0.15) is 11.5 Å². The van der Waals surface area contributed by atoms with Gasteiger partial charge in [-0.1, -0.05) is 0 Å². The number of carbonyl (C=O) groups is 1. The van der Waals surface area contributed by atoms with Crippen LogP contribution in [0, 0.1) is 0 Å². The third-order valence-corrected chi connectivity index (χ3v) is 5.65. The summed E-state index contributed by atoms with van der Waals surface area (Å²) in [7, 11) is 0.0118. The van der Waals surface area contributed by atoms with E-state index in [0.29, 0.717) is 30.2 Å². The number of ether oxygens (including phenoxy) is 2. The maximum atomic E-state index is 12.5. The van der Waals surface area contributed by atoms with Crippen molar-refractivity contribution in [2.45, 2.75) is 19.4 Å². The maximum absolute atomic E-state index is 12.5. The molecule has 0 aromatic heterocycles. The Bertz CT molecular complexity index is 674. The molecule has 2 rings (SSSR count). The summed E-state index contributed by atoms with van der Waals surface area (Å²) in [5.74, 6) is 1.25. The number of carbonyl (C=O) groups excluding carboxylic acids is 1. The van der Waals surface area contributed by atoms with E-state index in [1.807, 2.05) is 6.92 Å². The number of nitrogens with zero attached hydrogens (tertiary/aromatic N) is 1. The minimum absolute atomic E-state index is 0.0218. The lowest BCUT2D eigenvalue weighted by molar-refractivity contribution is 0.197. The Morgan fingerprint density at radius 2 is 2.09 bits per heavy atom. The first kappa shape index (κ1) is 17.4. The van der Waals surface area contributed by atoms with E-state index in [9.17, 15) is 13.2 Å². The molecule has 0 spiro atoms. The molecule has 128 valence electrons. The Morgan fingerprint density at radius 3 is 2.61 bits per heavy atom. The number of hydrogen-bond donors (Lipinski definition) is 1. The number of benzene rings is 1. The third kappa shape index (κ3) is 4.07. The number of methoxy groups -OCH3 is 2. The fourth-order valence-corrected chi connectivity index (χ4v) is 4.41. The lowest BCUT2D eigenvalue weighted by atomic mass is 10.2. The molecule has 0 radical (unpaired) electrons. The van der Waals surface area contributed by atoms with E-state index < -0.39 is 9.84 Å². The summed E-state index contributed by atoms with van der Waals surface area (Å²) in [6.45, 7) is 2.26. The van der Waals surface area contributed by atoms with Crippen LogP contribution < -0.4 is 14.8 Å². The molecular weight excluding hydrogens is 320 g/mol. The quantitative estimate of drug-likeness (QED) is 0.881. The van der Waals surface area contributed by atoms with Gasteiger partial charge in [0.2, 0.25) is 0 Å². The molecule has 7 nitrogen and oxygen atoms in total. The first-order chi connectivity index (χ1) is 10.9. The Morgan fingerprint density at radius 1 is 1.35 bits per heavy atom. The van der Waals surface area contributed by atoms with Gasteiger partial charge in [-0.25, -0.2) is 13.2 Å². The molecule has 1 saturated heterocycles. The van der Waals surface area contributed by atoms with Crippen molar-refractivity contribution in [2.75, 3.05) is 37.6 Å². The van der Waals surface area contributed by atoms with Gasteiger partial charge in [0.25, 0.3) is 0 Å². The van der Waals surface area contributed by atoms with Gasteiger partial charge in [0, 0.05) is 18.7 Å². The largest absolute Gasteiger partial charge is 0.497 e. The van der Waals surface area contributed by atoms with Crippen molar-refractivity contribution in [3.05, 3.63) is 18.2 Å². The third-order valence-electron chi connectivity index (χ3n) is 3.90. The monoisotopic (exact) mass is 342 g/mol. The molecule has 0 aliphatic carbocycles. The molecule has 1 N–H and O–H groups in total. The summed E-state index contributed by atoms with van der Waals surface area (Å²) in [4.78, 5) is 14.0. The van der Waals surface area contributed by atoms with Gasteiger partial charge >= 0.3 is 6.03 Å². The van der Waals surface area contributed by atoms with Crippen LogP contribution in [0.2, 0.25) is 0 Å². The fourth-order valence-electron chi connectivity index (χ4n) is 2.68. The van der Waals surface area contributed by atoms with E-state index >= 15 is 0 Å². The van der Waals surface area contributed by atoms with Crippen LogP contribution in [0.3, 0.4) is 0 Å². The lowest BCUT2D eigenvalue weighted by Gasteiger charge is -2.27. The van der Waals surface area contributed by atoms with Crippen LogP contribution in [0.5, 0.6) is 11.5 Å². The van der Waals surface area contributed by atoms with Gasteiger partial charge in [-0.05, 0) is 25.5 Å². The zero-order valence-corrected chi connectivity index (χ0v) is 14.4. The molecule has 1 atom stereocenters. The summed E-state index contributed by atoms with van der Waals surface area (Å²) in [5, 5.41) is 2.78. The molecule has 8 heteroatoms. The SMILES string of the molecule is CCN(C(=O)Nc1ccc(OC)cc1OC)C1CCS(=O)(=O)C1. The van der Waals surface area contributed by atoms with E-state index in [-0.39, 0.29) is 23.6 Å². The number of anilines is 1. The standard InChI is InChI=1S/C15H22N2O5S/c1-4-17(11-7-8-23(19,20)10-11)15(18)16-13-6-5-12(21-2)9-14(13)22-3/h5-6,9,11H,4,7-8,10H2,1-3H3,(H,16,18). The van der Waals surface area contributed by atoms with Crippen molar-refractivity contribution in [3.63, 3.8) is 0 Å². The maximum Gasteiger partial charge on any atom is 0.322 e. The molecule has 1 fully saturated rings. The highest BCUT2D eigenvalue weighted by Gasteiger charge is 2.34. The summed E-state index contributed by atoms with van der Waals surface area (Å²) >= 11 is 0. The smallest absolute Gasteiger partial charge is 0.322 e. The van der Waals surface area contributed by atoms with E-state index in [4.69, 9.17) is 9.47 Å². The molecule has 1 aliphatic heterocycles. The molecule has 1 aliphatic rings. The Balaban J connectivity index is 2.14. The van der Waals surface area contributed by atoms with Gasteiger partial charge in [-0.15, -0.1) is 0 Å². The minimum atomic E-state index is -3.04. The van der Waals surface area contributed by atoms with Crippen molar-refractivity contribution in [2.24, 2.45) is 0 Å². The summed E-state index contributed by atoms with van der Waals surface area (Å²) < 4.78 is 33.6. The van der Waals surface area contributed by atoms with E-state index in [1.54, 1.807) is 30.2 Å². The van der Waals surface area contributed by atoms with Gasteiger partial charge in [-0.3, -0.25) is 0 Å². The highest BCUT2D eigenvalue weighted by atomic mass is 32.2. The molecule has 2 amide bonds. The Hall–Kier alpha value is -1.96. The Kier molecular flexibility index (Phi) is 5.35. The number of nitrogens with one attached hydrogen (secondary N) is 1. The van der Waals surface area contributed by atoms with Crippen LogP contribution in [0.15, 0.2) is 18.2 Å². The highest BCUT2D eigenvalue weighted by molar-refractivity contribution is 7.91. The molecule has 0 saturated carbocycles. The van der Waals surface area contributed by atoms with Crippen LogP contribution in [0.25, 0.3) is 0 Å². The molecule has 1 heterocycles. The minimum Gasteiger partial charge on any atom is -0.497 e. The number of amides is 2. The van der Waals surface area contributed by atoms with Crippen LogP contribution in [0.4, 0.5) is 10.5 Å². The van der Waals surface area contributed by atoms with Crippen molar-refractivity contribution < 1.29 is 22.7 Å². The van der Waals surface area contributed by atoms with E-state index in [1.165, 1.54) is 7.11 Å². The van der Waals surface area contributed by atoms with E-state index in [0.717, 1.165) is 0 Å². The average Bonchev–Trinajstić information content (AvgIpc) is 2.88. The van der Waals surface area contributed by atoms with Crippen molar-refractivity contribution in [3.8, 4) is 11.5 Å². The summed E-state index contributed by atoms with van der Waals surface area (Å²) in [6.07, 6.45) is 0.476. The highest BCUT2D eigenvalue weighted by Crippen LogP contribution is 2.29. The molecular formula is C15H22N2O5S. The summed E-state index contributed by atoms with van der Waals surface area (Å²) in [5.41, 5.74) is 0.512. The second kappa shape index (κ2) is 7.08. The first-order valence-electron chi connectivity index (χ1n) is 7.40. The number of urea groups is 1. The van der Waals surface area contributed by atoms with Crippen molar-refractivity contribution in [1.29, 1.82) is 0 Å². The zero-order valence-electron chi connectivity index (χ0n) is 13.5. The molecule has 1 unspecified atom stereocenters. The van der Waals surface area contributed by atoms with Crippen LogP contribution in [-0.2, 0) is 9.84 Å². The van der Waals surface area contributed by atoms with Crippen molar-refractivity contribution >= 4 is 21.6 Å². The zero-order chi connectivity index (χ0) is 17.0. The predicted molar refractivity (Wildman–Crippen MR) is 88.0 cm³/mol. The summed E-state index contributed by atoms with van der Waals surface area (Å²) in [6, 6.07) is 4.46. The van der Waals surface area contributed by atoms with Gasteiger partial charge in [-0.2, -0.15) is 0 Å². The lowest BCUT2D eigenvalue weighted by Crippen LogP contribution is -2.43. The first-order valence-corrected chi connectivity index (χ1v) is 9.22. The fraction of sp³-hybridized carbons (Fsp3) is 0.533. The number of rotatable bonds is 5. The average molecular weight is 342 g/mol. The van der Waals surface area contributed by atoms with Crippen LogP contribution >= 0.6 is 0 Å². The van der Waals surface area contributed by atoms with Gasteiger partial charge in [0.15, 0.2) is 9.84 Å². The number of hydrogen-bond acceptors (Lipinski definition) is 5. The molecule has 0 bridgehead atoms. The van der Waals surface area contributed by atoms with Gasteiger partial charge < -0.3 is 19.7 Å². The second-order valence-corrected chi connectivity index (χ2v) is 7.57. The topological polar surface area (TPSA) is 84.9 Å².